The number of ether oxygens (including phenoxy) is 1. The summed E-state index contributed by atoms with van der Waals surface area (Å²) in [5.41, 5.74) is 1.06. The van der Waals surface area contributed by atoms with Crippen molar-refractivity contribution in [2.75, 3.05) is 26.7 Å². The third-order valence-electron chi connectivity index (χ3n) is 7.58. The average Bonchev–Trinajstić information content (AvgIpc) is 3.32. The molecular weight excluding hydrogens is 430 g/mol. The first-order valence-electron chi connectivity index (χ1n) is 12.7. The van der Waals surface area contributed by atoms with Crippen molar-refractivity contribution in [1.82, 2.24) is 14.8 Å². The second-order valence-electron chi connectivity index (χ2n) is 10.3. The topological polar surface area (TPSA) is 83.0 Å². The summed E-state index contributed by atoms with van der Waals surface area (Å²) in [6.45, 7) is 4.58. The van der Waals surface area contributed by atoms with Crippen LogP contribution in [0, 0.1) is 29.6 Å². The van der Waals surface area contributed by atoms with E-state index in [1.807, 2.05) is 20.9 Å². The van der Waals surface area contributed by atoms with Crippen LogP contribution in [0.3, 0.4) is 0 Å². The Kier molecular flexibility index (Phi) is 7.77. The maximum atomic E-state index is 13.5. The number of aliphatic hydroxyl groups excluding tert-OH is 1. The standard InChI is InChI=1S/C27H37N3O4/c1-18-15-30(19(2)17-31)27(33)23-13-21(12-11-20-7-4-5-8-20)14-28-25(23)34-24(18)16-29(3)26(32)22-9-6-10-22/h13-14,18-20,22,24,31H,4-10,15-17H2,1-3H3/t18-,19-,24-/m1/s1. The fourth-order valence-corrected chi connectivity index (χ4v) is 4.97. The first-order valence-corrected chi connectivity index (χ1v) is 12.7. The van der Waals surface area contributed by atoms with Crippen LogP contribution in [0.25, 0.3) is 0 Å². The number of amides is 2. The van der Waals surface area contributed by atoms with Crippen LogP contribution in [0.4, 0.5) is 0 Å². The number of pyridine rings is 1. The summed E-state index contributed by atoms with van der Waals surface area (Å²) in [5, 5.41) is 9.82. The van der Waals surface area contributed by atoms with Crippen LogP contribution in [0.15, 0.2) is 12.3 Å². The number of aliphatic hydroxyl groups is 1. The van der Waals surface area contributed by atoms with Gasteiger partial charge in [0, 0.05) is 43.1 Å². The number of rotatable bonds is 5. The second kappa shape index (κ2) is 10.8. The Balaban J connectivity index is 1.61. The smallest absolute Gasteiger partial charge is 0.259 e. The molecule has 1 aromatic heterocycles. The van der Waals surface area contributed by atoms with Crippen LogP contribution >= 0.6 is 0 Å². The Morgan fingerprint density at radius 2 is 2.03 bits per heavy atom. The first-order chi connectivity index (χ1) is 16.4. The van der Waals surface area contributed by atoms with Gasteiger partial charge in [-0.15, -0.1) is 0 Å². The largest absolute Gasteiger partial charge is 0.472 e. The van der Waals surface area contributed by atoms with E-state index in [4.69, 9.17) is 4.74 Å². The summed E-state index contributed by atoms with van der Waals surface area (Å²) in [4.78, 5) is 34.2. The molecule has 2 fully saturated rings. The second-order valence-corrected chi connectivity index (χ2v) is 10.3. The minimum absolute atomic E-state index is 0.0497. The maximum absolute atomic E-state index is 13.5. The maximum Gasteiger partial charge on any atom is 0.259 e. The Hall–Kier alpha value is -2.59. The van der Waals surface area contributed by atoms with Gasteiger partial charge in [-0.05, 0) is 38.7 Å². The molecule has 4 rings (SSSR count). The number of carbonyl (C=O) groups is 2. The molecule has 2 saturated carbocycles. The van der Waals surface area contributed by atoms with Crippen LogP contribution < -0.4 is 4.74 Å². The van der Waals surface area contributed by atoms with E-state index >= 15 is 0 Å². The molecule has 1 N–H and O–H groups in total. The number of nitrogens with zero attached hydrogens (tertiary/aromatic N) is 3. The number of likely N-dealkylation sites (N-methyl/N-ethyl adjacent to an activating group) is 1. The average molecular weight is 468 g/mol. The molecule has 0 bridgehead atoms. The van der Waals surface area contributed by atoms with E-state index in [-0.39, 0.29) is 48.3 Å². The highest BCUT2D eigenvalue weighted by atomic mass is 16.5. The number of fused-ring (bicyclic) bond motifs is 1. The summed E-state index contributed by atoms with van der Waals surface area (Å²) in [6, 6.07) is 1.42. The number of carbonyl (C=O) groups excluding carboxylic acids is 2. The zero-order valence-corrected chi connectivity index (χ0v) is 20.6. The van der Waals surface area contributed by atoms with Gasteiger partial charge in [0.1, 0.15) is 11.7 Å². The zero-order chi connectivity index (χ0) is 24.2. The first kappa shape index (κ1) is 24.5. The Bertz CT molecular complexity index is 958. The van der Waals surface area contributed by atoms with E-state index < -0.39 is 0 Å². The number of hydrogen-bond acceptors (Lipinski definition) is 5. The highest BCUT2D eigenvalue weighted by Gasteiger charge is 2.36. The van der Waals surface area contributed by atoms with Gasteiger partial charge < -0.3 is 19.6 Å². The molecule has 3 atom stereocenters. The molecule has 2 aliphatic carbocycles. The lowest BCUT2D eigenvalue weighted by Crippen LogP contribution is -2.51. The van der Waals surface area contributed by atoms with Crippen LogP contribution in [0.5, 0.6) is 5.88 Å². The molecule has 0 aromatic carbocycles. The van der Waals surface area contributed by atoms with Gasteiger partial charge in [-0.2, -0.15) is 0 Å². The molecule has 3 aliphatic rings. The van der Waals surface area contributed by atoms with Crippen LogP contribution in [0.2, 0.25) is 0 Å². The lowest BCUT2D eigenvalue weighted by Gasteiger charge is -2.38. The van der Waals surface area contributed by atoms with Crippen molar-refractivity contribution in [3.63, 3.8) is 0 Å². The summed E-state index contributed by atoms with van der Waals surface area (Å²) in [5.74, 6) is 7.23. The molecule has 0 radical (unpaired) electrons. The van der Waals surface area contributed by atoms with E-state index in [9.17, 15) is 14.7 Å². The molecule has 0 spiro atoms. The van der Waals surface area contributed by atoms with Gasteiger partial charge in [0.15, 0.2) is 0 Å². The SMILES string of the molecule is C[C@@H]1CN([C@H](C)CO)C(=O)c2cc(C#CC3CCCC3)cnc2O[C@@H]1CN(C)C(=O)C1CCC1. The Morgan fingerprint density at radius 3 is 2.68 bits per heavy atom. The van der Waals surface area contributed by atoms with Crippen molar-refractivity contribution in [1.29, 1.82) is 0 Å². The Labute approximate surface area is 202 Å². The molecule has 2 amide bonds. The fourth-order valence-electron chi connectivity index (χ4n) is 4.97. The minimum Gasteiger partial charge on any atom is -0.472 e. The van der Waals surface area contributed by atoms with Gasteiger partial charge in [-0.1, -0.05) is 38.0 Å². The zero-order valence-electron chi connectivity index (χ0n) is 20.6. The highest BCUT2D eigenvalue weighted by Crippen LogP contribution is 2.30. The van der Waals surface area contributed by atoms with E-state index in [0.717, 1.165) is 32.1 Å². The normalized spacial score (nSPS) is 24.1. The van der Waals surface area contributed by atoms with Crippen LogP contribution in [-0.2, 0) is 4.79 Å². The summed E-state index contributed by atoms with van der Waals surface area (Å²) >= 11 is 0. The third-order valence-corrected chi connectivity index (χ3v) is 7.58. The van der Waals surface area contributed by atoms with Gasteiger partial charge in [0.05, 0.1) is 19.2 Å². The van der Waals surface area contributed by atoms with Gasteiger partial charge in [-0.25, -0.2) is 4.98 Å². The minimum atomic E-state index is -0.343. The monoisotopic (exact) mass is 467 g/mol. The van der Waals surface area contributed by atoms with Gasteiger partial charge in [0.2, 0.25) is 11.8 Å². The van der Waals surface area contributed by atoms with E-state index in [0.29, 0.717) is 30.1 Å². The highest BCUT2D eigenvalue weighted by molar-refractivity contribution is 5.97. The Morgan fingerprint density at radius 1 is 1.29 bits per heavy atom. The molecular formula is C27H37N3O4. The van der Waals surface area contributed by atoms with Crippen molar-refractivity contribution in [2.45, 2.75) is 70.9 Å². The third kappa shape index (κ3) is 5.38. The van der Waals surface area contributed by atoms with Gasteiger partial charge in [0.25, 0.3) is 5.91 Å². The number of hydrogen-bond donors (Lipinski definition) is 1. The molecule has 184 valence electrons. The van der Waals surface area contributed by atoms with Crippen LogP contribution in [-0.4, -0.2) is 70.6 Å². The molecule has 1 aliphatic heterocycles. The van der Waals surface area contributed by atoms with Crippen molar-refractivity contribution in [2.24, 2.45) is 17.8 Å². The van der Waals surface area contributed by atoms with E-state index in [1.54, 1.807) is 22.1 Å². The molecule has 1 aromatic rings. The molecule has 0 unspecified atom stereocenters. The lowest BCUT2D eigenvalue weighted by atomic mass is 9.84. The van der Waals surface area contributed by atoms with Crippen LogP contribution in [0.1, 0.15) is 74.7 Å². The van der Waals surface area contributed by atoms with Crippen molar-refractivity contribution < 1.29 is 19.4 Å². The molecule has 7 heteroatoms. The van der Waals surface area contributed by atoms with E-state index in [2.05, 4.69) is 16.8 Å². The predicted molar refractivity (Wildman–Crippen MR) is 129 cm³/mol. The summed E-state index contributed by atoms with van der Waals surface area (Å²) in [7, 11) is 1.82. The summed E-state index contributed by atoms with van der Waals surface area (Å²) < 4.78 is 6.30. The number of aromatic nitrogens is 1. The van der Waals surface area contributed by atoms with Crippen molar-refractivity contribution >= 4 is 11.8 Å². The van der Waals surface area contributed by atoms with Crippen molar-refractivity contribution in [3.05, 3.63) is 23.4 Å². The molecule has 2 heterocycles. The molecule has 7 nitrogen and oxygen atoms in total. The molecule has 0 saturated heterocycles. The lowest BCUT2D eigenvalue weighted by molar-refractivity contribution is -0.138. The molecule has 34 heavy (non-hydrogen) atoms. The van der Waals surface area contributed by atoms with Crippen molar-refractivity contribution in [3.8, 4) is 17.7 Å². The summed E-state index contributed by atoms with van der Waals surface area (Å²) in [6.07, 6.45) is 9.06. The fraction of sp³-hybridized carbons (Fsp3) is 0.667. The quantitative estimate of drug-likeness (QED) is 0.673. The predicted octanol–water partition coefficient (Wildman–Crippen LogP) is 3.10. The van der Waals surface area contributed by atoms with E-state index in [1.165, 1.54) is 12.8 Å². The van der Waals surface area contributed by atoms with Gasteiger partial charge in [-0.3, -0.25) is 9.59 Å². The van der Waals surface area contributed by atoms with Gasteiger partial charge >= 0.3 is 0 Å².